The van der Waals surface area contributed by atoms with Crippen molar-refractivity contribution in [2.45, 2.75) is 39.3 Å². The maximum Gasteiger partial charge on any atom is 0.387 e. The van der Waals surface area contributed by atoms with Crippen molar-refractivity contribution in [3.63, 3.8) is 0 Å². The molecule has 2 rings (SSSR count). The molecule has 0 amide bonds. The second-order valence-electron chi connectivity index (χ2n) is 4.79. The molecule has 0 saturated heterocycles. The standard InChI is InChI=1S/C15H19F2N3O/c1-3-11(4-2)20-9-13(18)14(19-20)10-5-7-12(8-6-10)21-15(16)17/h5-9,11,15H,3-4,18H2,1-2H3. The van der Waals surface area contributed by atoms with E-state index in [2.05, 4.69) is 23.7 Å². The molecule has 0 fully saturated rings. The van der Waals surface area contributed by atoms with Crippen molar-refractivity contribution in [1.29, 1.82) is 0 Å². The normalized spacial score (nSPS) is 11.3. The van der Waals surface area contributed by atoms with E-state index in [1.54, 1.807) is 12.1 Å². The van der Waals surface area contributed by atoms with E-state index in [4.69, 9.17) is 5.73 Å². The summed E-state index contributed by atoms with van der Waals surface area (Å²) < 4.78 is 30.4. The lowest BCUT2D eigenvalue weighted by atomic mass is 10.1. The Morgan fingerprint density at radius 2 is 1.81 bits per heavy atom. The molecule has 0 aliphatic carbocycles. The molecule has 2 N–H and O–H groups in total. The van der Waals surface area contributed by atoms with Crippen LogP contribution in [0.3, 0.4) is 0 Å². The van der Waals surface area contributed by atoms with Gasteiger partial charge in [0.25, 0.3) is 0 Å². The number of alkyl halides is 2. The van der Waals surface area contributed by atoms with E-state index in [-0.39, 0.29) is 5.75 Å². The van der Waals surface area contributed by atoms with E-state index in [0.717, 1.165) is 18.4 Å². The molecule has 0 radical (unpaired) electrons. The number of nitrogens with two attached hydrogens (primary N) is 1. The lowest BCUT2D eigenvalue weighted by molar-refractivity contribution is -0.0498. The van der Waals surface area contributed by atoms with Gasteiger partial charge >= 0.3 is 6.61 Å². The first-order valence-corrected chi connectivity index (χ1v) is 6.95. The van der Waals surface area contributed by atoms with E-state index in [1.165, 1.54) is 12.1 Å². The summed E-state index contributed by atoms with van der Waals surface area (Å²) in [6.07, 6.45) is 3.76. The van der Waals surface area contributed by atoms with Crippen molar-refractivity contribution < 1.29 is 13.5 Å². The number of nitrogen functional groups attached to an aromatic ring is 1. The van der Waals surface area contributed by atoms with Gasteiger partial charge in [0.2, 0.25) is 0 Å². The summed E-state index contributed by atoms with van der Waals surface area (Å²) >= 11 is 0. The average Bonchev–Trinajstić information content (AvgIpc) is 2.82. The Morgan fingerprint density at radius 1 is 1.19 bits per heavy atom. The molecule has 0 aliphatic heterocycles. The topological polar surface area (TPSA) is 53.1 Å². The van der Waals surface area contributed by atoms with Crippen LogP contribution in [0, 0.1) is 0 Å². The van der Waals surface area contributed by atoms with E-state index >= 15 is 0 Å². The summed E-state index contributed by atoms with van der Waals surface area (Å²) in [5.74, 6) is 0.117. The maximum atomic E-state index is 12.1. The third kappa shape index (κ3) is 3.51. The van der Waals surface area contributed by atoms with Crippen LogP contribution in [0.2, 0.25) is 0 Å². The minimum absolute atomic E-state index is 0.117. The number of halogens is 2. The Hall–Kier alpha value is -2.11. The number of anilines is 1. The van der Waals surface area contributed by atoms with Crippen LogP contribution in [0.15, 0.2) is 30.5 Å². The van der Waals surface area contributed by atoms with Gasteiger partial charge < -0.3 is 10.5 Å². The molecule has 0 aliphatic rings. The van der Waals surface area contributed by atoms with Gasteiger partial charge in [0.1, 0.15) is 11.4 Å². The minimum atomic E-state index is -2.82. The number of hydrogen-bond acceptors (Lipinski definition) is 3. The third-order valence-corrected chi connectivity index (χ3v) is 3.43. The fraction of sp³-hybridized carbons (Fsp3) is 0.400. The average molecular weight is 295 g/mol. The molecule has 2 aromatic rings. The third-order valence-electron chi connectivity index (χ3n) is 3.43. The number of aromatic nitrogens is 2. The van der Waals surface area contributed by atoms with E-state index in [9.17, 15) is 8.78 Å². The molecule has 0 spiro atoms. The Morgan fingerprint density at radius 3 is 2.33 bits per heavy atom. The number of benzene rings is 1. The molecule has 0 unspecified atom stereocenters. The monoisotopic (exact) mass is 295 g/mol. The molecule has 1 aromatic heterocycles. The van der Waals surface area contributed by atoms with E-state index < -0.39 is 6.61 Å². The van der Waals surface area contributed by atoms with Gasteiger partial charge in [0.05, 0.1) is 11.7 Å². The molecule has 114 valence electrons. The first-order chi connectivity index (χ1) is 10.0. The van der Waals surface area contributed by atoms with Gasteiger partial charge in [-0.1, -0.05) is 13.8 Å². The Bertz CT molecular complexity index is 577. The van der Waals surface area contributed by atoms with Crippen LogP contribution in [0.25, 0.3) is 11.3 Å². The zero-order valence-electron chi connectivity index (χ0n) is 12.1. The number of ether oxygens (including phenoxy) is 1. The highest BCUT2D eigenvalue weighted by atomic mass is 19.3. The van der Waals surface area contributed by atoms with Crippen LogP contribution in [-0.2, 0) is 0 Å². The van der Waals surface area contributed by atoms with Gasteiger partial charge in [-0.2, -0.15) is 13.9 Å². The molecule has 6 heteroatoms. The summed E-state index contributed by atoms with van der Waals surface area (Å²) in [4.78, 5) is 0. The fourth-order valence-electron chi connectivity index (χ4n) is 2.27. The van der Waals surface area contributed by atoms with Crippen molar-refractivity contribution in [2.75, 3.05) is 5.73 Å². The van der Waals surface area contributed by atoms with Crippen molar-refractivity contribution in [3.8, 4) is 17.0 Å². The second-order valence-corrected chi connectivity index (χ2v) is 4.79. The van der Waals surface area contributed by atoms with Gasteiger partial charge in [-0.05, 0) is 37.1 Å². The number of nitrogens with zero attached hydrogens (tertiary/aromatic N) is 2. The predicted molar refractivity (Wildman–Crippen MR) is 78.3 cm³/mol. The summed E-state index contributed by atoms with van der Waals surface area (Å²) in [5.41, 5.74) is 8.01. The molecule has 0 saturated carbocycles. The molecule has 4 nitrogen and oxygen atoms in total. The van der Waals surface area contributed by atoms with E-state index in [0.29, 0.717) is 17.4 Å². The smallest absolute Gasteiger partial charge is 0.387 e. The summed E-state index contributed by atoms with van der Waals surface area (Å²) in [6, 6.07) is 6.62. The highest BCUT2D eigenvalue weighted by Gasteiger charge is 2.13. The molecule has 21 heavy (non-hydrogen) atoms. The van der Waals surface area contributed by atoms with Gasteiger partial charge in [-0.3, -0.25) is 4.68 Å². The first-order valence-electron chi connectivity index (χ1n) is 6.95. The van der Waals surface area contributed by atoms with Crippen LogP contribution >= 0.6 is 0 Å². The van der Waals surface area contributed by atoms with Gasteiger partial charge in [0.15, 0.2) is 0 Å². The largest absolute Gasteiger partial charge is 0.435 e. The molecular formula is C15H19F2N3O. The van der Waals surface area contributed by atoms with Crippen molar-refractivity contribution >= 4 is 5.69 Å². The number of hydrogen-bond donors (Lipinski definition) is 1. The van der Waals surface area contributed by atoms with Gasteiger partial charge in [-0.25, -0.2) is 0 Å². The molecular weight excluding hydrogens is 276 g/mol. The van der Waals surface area contributed by atoms with Crippen molar-refractivity contribution in [3.05, 3.63) is 30.5 Å². The lowest BCUT2D eigenvalue weighted by Gasteiger charge is -2.12. The highest BCUT2D eigenvalue weighted by molar-refractivity contribution is 5.72. The van der Waals surface area contributed by atoms with Crippen LogP contribution in [0.4, 0.5) is 14.5 Å². The molecule has 1 aromatic carbocycles. The Labute approximate surface area is 122 Å². The zero-order valence-corrected chi connectivity index (χ0v) is 12.1. The highest BCUT2D eigenvalue weighted by Crippen LogP contribution is 2.28. The first kappa shape index (κ1) is 15.3. The maximum absolute atomic E-state index is 12.1. The zero-order chi connectivity index (χ0) is 15.4. The quantitative estimate of drug-likeness (QED) is 0.873. The second kappa shape index (κ2) is 6.56. The molecule has 1 heterocycles. The SMILES string of the molecule is CCC(CC)n1cc(N)c(-c2ccc(OC(F)F)cc2)n1. The molecule has 0 atom stereocenters. The van der Waals surface area contributed by atoms with Crippen LogP contribution in [-0.4, -0.2) is 16.4 Å². The van der Waals surface area contributed by atoms with Crippen LogP contribution in [0.5, 0.6) is 5.75 Å². The number of rotatable bonds is 6. The van der Waals surface area contributed by atoms with Crippen LogP contribution in [0.1, 0.15) is 32.7 Å². The minimum Gasteiger partial charge on any atom is -0.435 e. The van der Waals surface area contributed by atoms with E-state index in [1.807, 2.05) is 10.9 Å². The van der Waals surface area contributed by atoms with Gasteiger partial charge in [0, 0.05) is 11.8 Å². The fourth-order valence-corrected chi connectivity index (χ4v) is 2.27. The Balaban J connectivity index is 2.25. The van der Waals surface area contributed by atoms with Crippen molar-refractivity contribution in [2.24, 2.45) is 0 Å². The summed E-state index contributed by atoms with van der Waals surface area (Å²) in [5, 5.41) is 4.52. The molecule has 0 bridgehead atoms. The Kier molecular flexibility index (Phi) is 4.77. The lowest BCUT2D eigenvalue weighted by Crippen LogP contribution is -2.07. The van der Waals surface area contributed by atoms with Crippen LogP contribution < -0.4 is 10.5 Å². The van der Waals surface area contributed by atoms with Gasteiger partial charge in [-0.15, -0.1) is 0 Å². The predicted octanol–water partition coefficient (Wildman–Crippen LogP) is 4.09. The summed E-state index contributed by atoms with van der Waals surface area (Å²) in [7, 11) is 0. The van der Waals surface area contributed by atoms with Crippen molar-refractivity contribution in [1.82, 2.24) is 9.78 Å². The summed E-state index contributed by atoms with van der Waals surface area (Å²) in [6.45, 7) is 1.37.